The summed E-state index contributed by atoms with van der Waals surface area (Å²) in [6.45, 7) is 6.19. The van der Waals surface area contributed by atoms with Gasteiger partial charge in [-0.25, -0.2) is 9.67 Å². The molecule has 6 heteroatoms. The summed E-state index contributed by atoms with van der Waals surface area (Å²) in [5.74, 6) is 0.318. The van der Waals surface area contributed by atoms with E-state index in [0.717, 1.165) is 11.0 Å². The monoisotopic (exact) mass is 223 g/mol. The molecule has 15 heavy (non-hydrogen) atoms. The van der Waals surface area contributed by atoms with Crippen molar-refractivity contribution in [2.45, 2.75) is 26.3 Å². The number of aromatic amines is 1. The Kier molecular flexibility index (Phi) is 2.04. The standard InChI is InChI=1S/C9H13N5S/c1-9(2,3)14-6-5(4-11-14)7(15)13-8(10)12-6/h4H,1-3H3,(H3,10,12,13,15). The van der Waals surface area contributed by atoms with Crippen LogP contribution in [0.1, 0.15) is 20.8 Å². The van der Waals surface area contributed by atoms with Crippen LogP contribution in [0.2, 0.25) is 0 Å². The van der Waals surface area contributed by atoms with Crippen LogP contribution in [-0.2, 0) is 5.54 Å². The Bertz CT molecular complexity index is 560. The van der Waals surface area contributed by atoms with Gasteiger partial charge in [0.15, 0.2) is 5.95 Å². The van der Waals surface area contributed by atoms with Crippen molar-refractivity contribution < 1.29 is 0 Å². The molecular formula is C9H13N5S. The van der Waals surface area contributed by atoms with Crippen molar-refractivity contribution >= 4 is 29.2 Å². The fourth-order valence-corrected chi connectivity index (χ4v) is 1.70. The summed E-state index contributed by atoms with van der Waals surface area (Å²) in [6, 6.07) is 0. The van der Waals surface area contributed by atoms with Crippen LogP contribution in [-0.4, -0.2) is 19.7 Å². The molecule has 2 aromatic heterocycles. The van der Waals surface area contributed by atoms with Gasteiger partial charge in [-0.1, -0.05) is 12.2 Å². The van der Waals surface area contributed by atoms with Crippen molar-refractivity contribution in [2.24, 2.45) is 0 Å². The molecule has 0 aliphatic rings. The number of hydrogen-bond donors (Lipinski definition) is 2. The molecule has 0 radical (unpaired) electrons. The highest BCUT2D eigenvalue weighted by atomic mass is 32.1. The minimum atomic E-state index is -0.117. The predicted molar refractivity (Wildman–Crippen MR) is 62.1 cm³/mol. The second kappa shape index (κ2) is 3.03. The van der Waals surface area contributed by atoms with E-state index >= 15 is 0 Å². The van der Waals surface area contributed by atoms with Gasteiger partial charge in [0.25, 0.3) is 0 Å². The third-order valence-corrected chi connectivity index (χ3v) is 2.41. The number of anilines is 1. The smallest absolute Gasteiger partial charge is 0.200 e. The van der Waals surface area contributed by atoms with Gasteiger partial charge in [-0.05, 0) is 20.8 Å². The summed E-state index contributed by atoms with van der Waals surface area (Å²) in [5.41, 5.74) is 6.32. The van der Waals surface area contributed by atoms with Crippen LogP contribution in [0.15, 0.2) is 6.20 Å². The van der Waals surface area contributed by atoms with Gasteiger partial charge in [0.05, 0.1) is 17.1 Å². The number of nitrogens with two attached hydrogens (primary N) is 1. The van der Waals surface area contributed by atoms with Gasteiger partial charge >= 0.3 is 0 Å². The highest BCUT2D eigenvalue weighted by molar-refractivity contribution is 7.71. The van der Waals surface area contributed by atoms with Crippen molar-refractivity contribution in [3.63, 3.8) is 0 Å². The number of nitrogens with one attached hydrogen (secondary N) is 1. The highest BCUT2D eigenvalue weighted by Gasteiger charge is 2.18. The Morgan fingerprint density at radius 3 is 2.73 bits per heavy atom. The second-order valence-corrected chi connectivity index (χ2v) is 4.80. The fourth-order valence-electron chi connectivity index (χ4n) is 1.45. The van der Waals surface area contributed by atoms with E-state index in [4.69, 9.17) is 18.0 Å². The maximum Gasteiger partial charge on any atom is 0.200 e. The maximum absolute atomic E-state index is 5.62. The minimum Gasteiger partial charge on any atom is -0.369 e. The van der Waals surface area contributed by atoms with Crippen LogP contribution in [0, 0.1) is 4.64 Å². The van der Waals surface area contributed by atoms with E-state index in [1.54, 1.807) is 6.20 Å². The van der Waals surface area contributed by atoms with E-state index in [9.17, 15) is 0 Å². The molecule has 0 fully saturated rings. The lowest BCUT2D eigenvalue weighted by Crippen LogP contribution is -2.23. The first-order valence-corrected chi connectivity index (χ1v) is 5.04. The first-order chi connectivity index (χ1) is 6.89. The van der Waals surface area contributed by atoms with E-state index in [0.29, 0.717) is 10.6 Å². The van der Waals surface area contributed by atoms with Gasteiger partial charge in [0.2, 0.25) is 0 Å². The quantitative estimate of drug-likeness (QED) is 0.668. The van der Waals surface area contributed by atoms with Crippen LogP contribution in [0.3, 0.4) is 0 Å². The predicted octanol–water partition coefficient (Wildman–Crippen LogP) is 1.83. The number of rotatable bonds is 0. The molecular weight excluding hydrogens is 210 g/mol. The summed E-state index contributed by atoms with van der Waals surface area (Å²) in [4.78, 5) is 6.97. The number of H-pyrrole nitrogens is 1. The zero-order chi connectivity index (χ0) is 11.2. The van der Waals surface area contributed by atoms with Crippen molar-refractivity contribution in [1.29, 1.82) is 0 Å². The zero-order valence-corrected chi connectivity index (χ0v) is 9.72. The van der Waals surface area contributed by atoms with Crippen LogP contribution in [0.5, 0.6) is 0 Å². The number of nitrogens with zero attached hydrogens (tertiary/aromatic N) is 3. The molecule has 5 nitrogen and oxygen atoms in total. The van der Waals surface area contributed by atoms with Crippen LogP contribution in [0.25, 0.3) is 11.0 Å². The molecule has 0 spiro atoms. The van der Waals surface area contributed by atoms with Gasteiger partial charge in [0, 0.05) is 0 Å². The fraction of sp³-hybridized carbons (Fsp3) is 0.444. The summed E-state index contributed by atoms with van der Waals surface area (Å²) in [6.07, 6.45) is 1.71. The lowest BCUT2D eigenvalue weighted by molar-refractivity contribution is 0.366. The molecule has 0 aliphatic carbocycles. The molecule has 80 valence electrons. The number of nitrogen functional groups attached to an aromatic ring is 1. The molecule has 2 heterocycles. The van der Waals surface area contributed by atoms with E-state index in [-0.39, 0.29) is 5.54 Å². The van der Waals surface area contributed by atoms with E-state index in [1.165, 1.54) is 0 Å². The summed E-state index contributed by atoms with van der Waals surface area (Å²) < 4.78 is 2.34. The van der Waals surface area contributed by atoms with E-state index in [2.05, 4.69) is 35.8 Å². The molecule has 0 unspecified atom stereocenters. The summed E-state index contributed by atoms with van der Waals surface area (Å²) >= 11 is 5.11. The average Bonchev–Trinajstić information content (AvgIpc) is 2.45. The molecule has 0 aliphatic heterocycles. The zero-order valence-electron chi connectivity index (χ0n) is 8.90. The third-order valence-electron chi connectivity index (χ3n) is 2.10. The van der Waals surface area contributed by atoms with E-state index in [1.807, 2.05) is 4.68 Å². The Morgan fingerprint density at radius 2 is 2.13 bits per heavy atom. The number of fused-ring (bicyclic) bond motifs is 1. The summed E-state index contributed by atoms with van der Waals surface area (Å²) in [5, 5.41) is 5.12. The van der Waals surface area contributed by atoms with Gasteiger partial charge in [-0.3, -0.25) is 0 Å². The van der Waals surface area contributed by atoms with Gasteiger partial charge in [-0.2, -0.15) is 5.10 Å². The minimum absolute atomic E-state index is 0.117. The largest absolute Gasteiger partial charge is 0.369 e. The van der Waals surface area contributed by atoms with Crippen molar-refractivity contribution in [2.75, 3.05) is 5.73 Å². The Labute approximate surface area is 92.3 Å². The topological polar surface area (TPSA) is 72.5 Å². The van der Waals surface area contributed by atoms with Crippen LogP contribution in [0.4, 0.5) is 5.95 Å². The molecule has 0 atom stereocenters. The first-order valence-electron chi connectivity index (χ1n) is 4.63. The normalized spacial score (nSPS) is 12.2. The van der Waals surface area contributed by atoms with Gasteiger partial charge in [0.1, 0.15) is 10.3 Å². The van der Waals surface area contributed by atoms with Gasteiger partial charge < -0.3 is 10.7 Å². The van der Waals surface area contributed by atoms with Crippen molar-refractivity contribution in [3.05, 3.63) is 10.8 Å². The Morgan fingerprint density at radius 1 is 1.47 bits per heavy atom. The average molecular weight is 223 g/mol. The van der Waals surface area contributed by atoms with Crippen molar-refractivity contribution in [3.8, 4) is 0 Å². The summed E-state index contributed by atoms with van der Waals surface area (Å²) in [7, 11) is 0. The maximum atomic E-state index is 5.62. The molecule has 0 aromatic carbocycles. The molecule has 2 rings (SSSR count). The second-order valence-electron chi connectivity index (χ2n) is 4.42. The van der Waals surface area contributed by atoms with Crippen molar-refractivity contribution in [1.82, 2.24) is 19.7 Å². The molecule has 0 saturated carbocycles. The van der Waals surface area contributed by atoms with Crippen LogP contribution < -0.4 is 5.73 Å². The molecule has 3 N–H and O–H groups in total. The number of aromatic nitrogens is 4. The molecule has 2 aromatic rings. The van der Waals surface area contributed by atoms with E-state index < -0.39 is 0 Å². The van der Waals surface area contributed by atoms with Crippen LogP contribution >= 0.6 is 12.2 Å². The first kappa shape index (κ1) is 10.1. The molecule has 0 bridgehead atoms. The SMILES string of the molecule is CC(C)(C)n1ncc2c(=S)nc(N)[nH]c21. The Hall–Kier alpha value is -1.43. The highest BCUT2D eigenvalue weighted by Crippen LogP contribution is 2.20. The molecule has 0 saturated heterocycles. The Balaban J connectivity index is 2.86. The third kappa shape index (κ3) is 1.61. The lowest BCUT2D eigenvalue weighted by atomic mass is 10.1. The number of hydrogen-bond acceptors (Lipinski definition) is 4. The lowest BCUT2D eigenvalue weighted by Gasteiger charge is -2.20. The molecule has 0 amide bonds. The van der Waals surface area contributed by atoms with Gasteiger partial charge in [-0.15, -0.1) is 0 Å².